The lowest BCUT2D eigenvalue weighted by molar-refractivity contribution is -0.141. The number of hydrogen-bond donors (Lipinski definition) is 0. The van der Waals surface area contributed by atoms with Gasteiger partial charge in [0.1, 0.15) is 9.55 Å². The maximum atomic E-state index is 12.7. The van der Waals surface area contributed by atoms with E-state index in [1.165, 1.54) is 0 Å². The summed E-state index contributed by atoms with van der Waals surface area (Å²) in [6.07, 6.45) is -4.43. The van der Waals surface area contributed by atoms with Crippen molar-refractivity contribution in [1.82, 2.24) is 10.1 Å². The number of rotatable bonds is 2. The van der Waals surface area contributed by atoms with Crippen LogP contribution in [0.3, 0.4) is 0 Å². The Bertz CT molecular complexity index is 633. The van der Waals surface area contributed by atoms with E-state index in [2.05, 4.69) is 26.1 Å². The molecule has 3 heterocycles. The van der Waals surface area contributed by atoms with Crippen LogP contribution in [0.25, 0.3) is 0 Å². The van der Waals surface area contributed by atoms with Gasteiger partial charge in [-0.3, -0.25) is 0 Å². The summed E-state index contributed by atoms with van der Waals surface area (Å²) in [4.78, 5) is 5.47. The van der Waals surface area contributed by atoms with Gasteiger partial charge in [0.25, 0.3) is 0 Å². The van der Waals surface area contributed by atoms with Crippen LogP contribution in [0.5, 0.6) is 0 Å². The Morgan fingerprint density at radius 2 is 2.15 bits per heavy atom. The summed E-state index contributed by atoms with van der Waals surface area (Å²) >= 11 is 3.92. The molecule has 0 spiro atoms. The molecule has 1 saturated heterocycles. The van der Waals surface area contributed by atoms with Crippen LogP contribution in [0.2, 0.25) is 0 Å². The molecule has 108 valence electrons. The number of thiazole rings is 1. The van der Waals surface area contributed by atoms with Crippen LogP contribution in [0, 0.1) is 6.92 Å². The second kappa shape index (κ2) is 4.73. The maximum absolute atomic E-state index is 12.7. The third-order valence-corrected chi connectivity index (χ3v) is 4.83. The summed E-state index contributed by atoms with van der Waals surface area (Å²) in [5, 5.41) is 4.30. The molecule has 1 fully saturated rings. The van der Waals surface area contributed by atoms with E-state index in [4.69, 9.17) is 4.52 Å². The van der Waals surface area contributed by atoms with E-state index in [0.717, 1.165) is 22.8 Å². The Hall–Kier alpha value is -1.09. The Balaban J connectivity index is 1.71. The zero-order chi connectivity index (χ0) is 14.5. The van der Waals surface area contributed by atoms with Crippen LogP contribution >= 0.6 is 27.3 Å². The molecule has 3 rings (SSSR count). The van der Waals surface area contributed by atoms with Crippen molar-refractivity contribution in [2.45, 2.75) is 19.0 Å². The standard InChI is InChI=1S/C11H9BrF3N3OS/c1-5-2-7(17-19-5)6-3-18(4-6)10-16-8(9(12)20-10)11(13,14)15/h2,6H,3-4H2,1H3. The molecule has 2 aromatic rings. The van der Waals surface area contributed by atoms with E-state index in [0.29, 0.717) is 18.2 Å². The first-order valence-electron chi connectivity index (χ1n) is 5.76. The highest BCUT2D eigenvalue weighted by Crippen LogP contribution is 2.42. The number of nitrogens with zero attached hydrogens (tertiary/aromatic N) is 3. The third-order valence-electron chi connectivity index (χ3n) is 3.06. The summed E-state index contributed by atoms with van der Waals surface area (Å²) in [6.45, 7) is 3.01. The molecule has 0 atom stereocenters. The van der Waals surface area contributed by atoms with Crippen LogP contribution in [0.15, 0.2) is 14.4 Å². The molecule has 20 heavy (non-hydrogen) atoms. The normalized spacial score (nSPS) is 16.6. The molecule has 1 aliphatic heterocycles. The molecule has 0 aromatic carbocycles. The molecule has 0 radical (unpaired) electrons. The first-order valence-corrected chi connectivity index (χ1v) is 7.37. The average molecular weight is 368 g/mol. The summed E-state index contributed by atoms with van der Waals surface area (Å²) in [5.74, 6) is 0.916. The molecule has 0 amide bonds. The lowest BCUT2D eigenvalue weighted by Crippen LogP contribution is -2.45. The molecule has 0 saturated carbocycles. The minimum atomic E-state index is -4.43. The third kappa shape index (κ3) is 2.44. The first kappa shape index (κ1) is 13.9. The van der Waals surface area contributed by atoms with Gasteiger partial charge in [0.05, 0.1) is 5.69 Å². The fourth-order valence-electron chi connectivity index (χ4n) is 2.00. The van der Waals surface area contributed by atoms with Gasteiger partial charge in [-0.25, -0.2) is 4.98 Å². The van der Waals surface area contributed by atoms with Gasteiger partial charge in [-0.15, -0.1) is 0 Å². The summed E-state index contributed by atoms with van der Waals surface area (Å²) in [6, 6.07) is 1.85. The average Bonchev–Trinajstić information content (AvgIpc) is 2.83. The second-order valence-electron chi connectivity index (χ2n) is 4.58. The monoisotopic (exact) mass is 367 g/mol. The fraction of sp³-hybridized carbons (Fsp3) is 0.455. The Morgan fingerprint density at radius 1 is 1.45 bits per heavy atom. The van der Waals surface area contributed by atoms with E-state index in [-0.39, 0.29) is 9.70 Å². The van der Waals surface area contributed by atoms with Crippen LogP contribution in [0.1, 0.15) is 23.1 Å². The molecular formula is C11H9BrF3N3OS. The second-order valence-corrected chi connectivity index (χ2v) is 6.88. The molecule has 0 N–H and O–H groups in total. The number of anilines is 1. The largest absolute Gasteiger partial charge is 0.435 e. The van der Waals surface area contributed by atoms with Crippen molar-refractivity contribution in [1.29, 1.82) is 0 Å². The van der Waals surface area contributed by atoms with Gasteiger partial charge in [-0.2, -0.15) is 13.2 Å². The van der Waals surface area contributed by atoms with Gasteiger partial charge >= 0.3 is 6.18 Å². The van der Waals surface area contributed by atoms with Gasteiger partial charge < -0.3 is 9.42 Å². The Kier molecular flexibility index (Phi) is 3.28. The van der Waals surface area contributed by atoms with Gasteiger partial charge in [-0.1, -0.05) is 16.5 Å². The maximum Gasteiger partial charge on any atom is 0.435 e. The molecule has 9 heteroatoms. The highest BCUT2D eigenvalue weighted by atomic mass is 79.9. The highest BCUT2D eigenvalue weighted by Gasteiger charge is 2.39. The predicted octanol–water partition coefficient (Wildman–Crippen LogP) is 3.82. The van der Waals surface area contributed by atoms with Gasteiger partial charge in [-0.05, 0) is 22.9 Å². The first-order chi connectivity index (χ1) is 9.34. The van der Waals surface area contributed by atoms with Crippen LogP contribution in [-0.2, 0) is 6.18 Å². The molecule has 0 unspecified atom stereocenters. The summed E-state index contributed by atoms with van der Waals surface area (Å²) in [5.41, 5.74) is -0.0244. The number of aromatic nitrogens is 2. The van der Waals surface area contributed by atoms with Gasteiger partial charge in [0.2, 0.25) is 0 Å². The van der Waals surface area contributed by atoms with Crippen LogP contribution < -0.4 is 4.90 Å². The van der Waals surface area contributed by atoms with Crippen molar-refractivity contribution in [3.05, 3.63) is 27.0 Å². The lowest BCUT2D eigenvalue weighted by Gasteiger charge is -2.37. The Morgan fingerprint density at radius 3 is 2.65 bits per heavy atom. The lowest BCUT2D eigenvalue weighted by atomic mass is 9.97. The molecule has 1 aliphatic rings. The predicted molar refractivity (Wildman–Crippen MR) is 71.0 cm³/mol. The van der Waals surface area contributed by atoms with Crippen molar-refractivity contribution in [3.8, 4) is 0 Å². The zero-order valence-electron chi connectivity index (χ0n) is 10.2. The number of hydrogen-bond acceptors (Lipinski definition) is 5. The van der Waals surface area contributed by atoms with Gasteiger partial charge in [0.15, 0.2) is 10.8 Å². The topological polar surface area (TPSA) is 42.2 Å². The fourth-order valence-corrected chi connectivity index (χ4v) is 3.58. The number of halogens is 4. The van der Waals surface area contributed by atoms with Gasteiger partial charge in [0, 0.05) is 25.1 Å². The molecule has 4 nitrogen and oxygen atoms in total. The molecule has 0 aliphatic carbocycles. The van der Waals surface area contributed by atoms with E-state index in [1.807, 2.05) is 6.07 Å². The van der Waals surface area contributed by atoms with Crippen molar-refractivity contribution < 1.29 is 17.7 Å². The van der Waals surface area contributed by atoms with Crippen LogP contribution in [-0.4, -0.2) is 23.2 Å². The van der Waals surface area contributed by atoms with E-state index in [9.17, 15) is 13.2 Å². The summed E-state index contributed by atoms with van der Waals surface area (Å²) < 4.78 is 43.0. The van der Waals surface area contributed by atoms with Crippen LogP contribution in [0.4, 0.5) is 18.3 Å². The minimum absolute atomic E-state index is 0.0146. The van der Waals surface area contributed by atoms with E-state index < -0.39 is 11.9 Å². The quantitative estimate of drug-likeness (QED) is 0.808. The molecule has 0 bridgehead atoms. The van der Waals surface area contributed by atoms with E-state index >= 15 is 0 Å². The van der Waals surface area contributed by atoms with Crippen molar-refractivity contribution in [3.63, 3.8) is 0 Å². The van der Waals surface area contributed by atoms with Crippen molar-refractivity contribution >= 4 is 32.4 Å². The zero-order valence-corrected chi connectivity index (χ0v) is 12.6. The Labute approximate surface area is 124 Å². The molecular weight excluding hydrogens is 359 g/mol. The van der Waals surface area contributed by atoms with Crippen molar-refractivity contribution in [2.75, 3.05) is 18.0 Å². The summed E-state index contributed by atoms with van der Waals surface area (Å²) in [7, 11) is 0. The smallest absolute Gasteiger partial charge is 0.361 e. The van der Waals surface area contributed by atoms with Crippen molar-refractivity contribution in [2.24, 2.45) is 0 Å². The SMILES string of the molecule is Cc1cc(C2CN(c3nc(C(F)(F)F)c(Br)s3)C2)no1. The van der Waals surface area contributed by atoms with E-state index in [1.54, 1.807) is 11.8 Å². The minimum Gasteiger partial charge on any atom is -0.361 e. The highest BCUT2D eigenvalue weighted by molar-refractivity contribution is 9.11. The number of alkyl halides is 3. The molecule has 2 aromatic heterocycles. The number of aryl methyl sites for hydroxylation is 1.